The van der Waals surface area contributed by atoms with E-state index in [1.54, 1.807) is 0 Å². The Bertz CT molecular complexity index is 755. The van der Waals surface area contributed by atoms with Gasteiger partial charge in [0.15, 0.2) is 0 Å². The van der Waals surface area contributed by atoms with E-state index in [2.05, 4.69) is 97.2 Å². The van der Waals surface area contributed by atoms with E-state index in [-0.39, 0.29) is 7.92 Å². The SMILES string of the molecule is CCC(COCc1ccccc1)NCCCP(c1ccccc1)c1ccccc1. The second kappa shape index (κ2) is 12.5. The maximum absolute atomic E-state index is 5.93. The molecule has 0 heterocycles. The summed E-state index contributed by atoms with van der Waals surface area (Å²) in [6.07, 6.45) is 3.46. The van der Waals surface area contributed by atoms with E-state index < -0.39 is 0 Å². The zero-order chi connectivity index (χ0) is 20.2. The highest BCUT2D eigenvalue weighted by atomic mass is 31.1. The molecule has 0 fully saturated rings. The van der Waals surface area contributed by atoms with Gasteiger partial charge in [-0.05, 0) is 49.6 Å². The molecule has 0 bridgehead atoms. The number of nitrogens with one attached hydrogen (secondary N) is 1. The average molecular weight is 406 g/mol. The zero-order valence-electron chi connectivity index (χ0n) is 17.3. The van der Waals surface area contributed by atoms with E-state index in [9.17, 15) is 0 Å². The fourth-order valence-electron chi connectivity index (χ4n) is 3.38. The summed E-state index contributed by atoms with van der Waals surface area (Å²) in [6.45, 7) is 4.71. The molecule has 0 aliphatic heterocycles. The van der Waals surface area contributed by atoms with Gasteiger partial charge in [-0.15, -0.1) is 0 Å². The van der Waals surface area contributed by atoms with Gasteiger partial charge in [0.25, 0.3) is 0 Å². The van der Waals surface area contributed by atoms with Crippen LogP contribution in [-0.4, -0.2) is 25.4 Å². The van der Waals surface area contributed by atoms with Crippen molar-refractivity contribution in [3.63, 3.8) is 0 Å². The van der Waals surface area contributed by atoms with Gasteiger partial charge in [0, 0.05) is 6.04 Å². The molecule has 0 spiro atoms. The molecule has 29 heavy (non-hydrogen) atoms. The van der Waals surface area contributed by atoms with Crippen molar-refractivity contribution in [2.24, 2.45) is 0 Å². The highest BCUT2D eigenvalue weighted by molar-refractivity contribution is 7.73. The number of ether oxygens (including phenoxy) is 1. The highest BCUT2D eigenvalue weighted by Crippen LogP contribution is 2.33. The van der Waals surface area contributed by atoms with Crippen molar-refractivity contribution in [3.8, 4) is 0 Å². The van der Waals surface area contributed by atoms with E-state index in [4.69, 9.17) is 4.74 Å². The van der Waals surface area contributed by atoms with Crippen LogP contribution in [0.1, 0.15) is 25.3 Å². The normalized spacial score (nSPS) is 12.2. The largest absolute Gasteiger partial charge is 0.375 e. The maximum atomic E-state index is 5.93. The Morgan fingerprint density at radius 1 is 0.793 bits per heavy atom. The molecule has 0 aliphatic rings. The smallest absolute Gasteiger partial charge is 0.0717 e. The van der Waals surface area contributed by atoms with Crippen molar-refractivity contribution >= 4 is 18.5 Å². The quantitative estimate of drug-likeness (QED) is 0.335. The molecule has 3 heteroatoms. The minimum absolute atomic E-state index is 0.299. The lowest BCUT2D eigenvalue weighted by molar-refractivity contribution is 0.0976. The molecule has 0 saturated carbocycles. The number of benzene rings is 3. The summed E-state index contributed by atoms with van der Waals surface area (Å²) in [6, 6.07) is 32.7. The molecular weight excluding hydrogens is 373 g/mol. The Hall–Kier alpha value is -1.99. The average Bonchev–Trinajstić information content (AvgIpc) is 2.79. The second-order valence-electron chi connectivity index (χ2n) is 7.24. The first-order valence-electron chi connectivity index (χ1n) is 10.6. The van der Waals surface area contributed by atoms with Gasteiger partial charge in [-0.1, -0.05) is 97.9 Å². The fourth-order valence-corrected chi connectivity index (χ4v) is 5.73. The van der Waals surface area contributed by atoms with Crippen LogP contribution in [-0.2, 0) is 11.3 Å². The summed E-state index contributed by atoms with van der Waals surface area (Å²) in [7, 11) is -0.299. The lowest BCUT2D eigenvalue weighted by Crippen LogP contribution is -2.34. The Balaban J connectivity index is 1.45. The van der Waals surface area contributed by atoms with Crippen LogP contribution in [0.25, 0.3) is 0 Å². The third-order valence-electron chi connectivity index (χ3n) is 5.05. The molecule has 2 nitrogen and oxygen atoms in total. The van der Waals surface area contributed by atoms with Crippen LogP contribution in [0.5, 0.6) is 0 Å². The van der Waals surface area contributed by atoms with Crippen LogP contribution in [0.3, 0.4) is 0 Å². The van der Waals surface area contributed by atoms with E-state index in [1.807, 2.05) is 6.07 Å². The van der Waals surface area contributed by atoms with Crippen molar-refractivity contribution < 1.29 is 4.74 Å². The van der Waals surface area contributed by atoms with Crippen LogP contribution in [0.4, 0.5) is 0 Å². The van der Waals surface area contributed by atoms with Gasteiger partial charge in [-0.25, -0.2) is 0 Å². The van der Waals surface area contributed by atoms with Gasteiger partial charge in [-0.3, -0.25) is 0 Å². The first-order valence-corrected chi connectivity index (χ1v) is 12.1. The van der Waals surface area contributed by atoms with E-state index in [1.165, 1.54) is 28.8 Å². The molecule has 1 unspecified atom stereocenters. The molecule has 3 rings (SSSR count). The van der Waals surface area contributed by atoms with Gasteiger partial charge >= 0.3 is 0 Å². The summed E-state index contributed by atoms with van der Waals surface area (Å²) in [5, 5.41) is 6.63. The first-order chi connectivity index (χ1) is 14.4. The van der Waals surface area contributed by atoms with Gasteiger partial charge in [0.1, 0.15) is 0 Å². The van der Waals surface area contributed by atoms with E-state index in [0.29, 0.717) is 12.6 Å². The first kappa shape index (κ1) is 21.7. The van der Waals surface area contributed by atoms with Crippen molar-refractivity contribution in [2.75, 3.05) is 19.3 Å². The van der Waals surface area contributed by atoms with Gasteiger partial charge in [0.2, 0.25) is 0 Å². The Morgan fingerprint density at radius 2 is 1.34 bits per heavy atom. The molecule has 0 saturated heterocycles. The third kappa shape index (κ3) is 7.40. The van der Waals surface area contributed by atoms with Crippen molar-refractivity contribution in [3.05, 3.63) is 96.6 Å². The van der Waals surface area contributed by atoms with Gasteiger partial charge in [0.05, 0.1) is 13.2 Å². The molecule has 0 aliphatic carbocycles. The number of hydrogen-bond acceptors (Lipinski definition) is 2. The van der Waals surface area contributed by atoms with Crippen molar-refractivity contribution in [1.29, 1.82) is 0 Å². The molecule has 3 aromatic rings. The lowest BCUT2D eigenvalue weighted by Gasteiger charge is -2.21. The van der Waals surface area contributed by atoms with Gasteiger partial charge < -0.3 is 10.1 Å². The summed E-state index contributed by atoms with van der Waals surface area (Å²) in [5.41, 5.74) is 1.23. The zero-order valence-corrected chi connectivity index (χ0v) is 18.2. The molecular formula is C26H32NOP. The van der Waals surface area contributed by atoms with Crippen LogP contribution in [0.2, 0.25) is 0 Å². The monoisotopic (exact) mass is 405 g/mol. The summed E-state index contributed by atoms with van der Waals surface area (Å²) >= 11 is 0. The Morgan fingerprint density at radius 3 is 1.90 bits per heavy atom. The van der Waals surface area contributed by atoms with Crippen molar-refractivity contribution in [1.82, 2.24) is 5.32 Å². The lowest BCUT2D eigenvalue weighted by atomic mass is 10.2. The topological polar surface area (TPSA) is 21.3 Å². The van der Waals surface area contributed by atoms with Crippen LogP contribution < -0.4 is 15.9 Å². The molecule has 1 atom stereocenters. The summed E-state index contributed by atoms with van der Waals surface area (Å²) in [5.74, 6) is 0. The van der Waals surface area contributed by atoms with Crippen molar-refractivity contribution in [2.45, 2.75) is 32.4 Å². The third-order valence-corrected chi connectivity index (χ3v) is 7.66. The summed E-state index contributed by atoms with van der Waals surface area (Å²) < 4.78 is 5.93. The number of hydrogen-bond donors (Lipinski definition) is 1. The molecule has 152 valence electrons. The fraction of sp³-hybridized carbons (Fsp3) is 0.308. The minimum atomic E-state index is -0.299. The predicted octanol–water partition coefficient (Wildman–Crippen LogP) is 5.09. The van der Waals surface area contributed by atoms with Crippen LogP contribution in [0, 0.1) is 0 Å². The molecule has 0 radical (unpaired) electrons. The van der Waals surface area contributed by atoms with E-state index >= 15 is 0 Å². The maximum Gasteiger partial charge on any atom is 0.0717 e. The van der Waals surface area contributed by atoms with E-state index in [0.717, 1.165) is 19.6 Å². The molecule has 0 amide bonds. The Labute approximate surface area is 177 Å². The Kier molecular flexibility index (Phi) is 9.39. The second-order valence-corrected chi connectivity index (χ2v) is 9.57. The predicted molar refractivity (Wildman–Crippen MR) is 127 cm³/mol. The molecule has 0 aromatic heterocycles. The van der Waals surface area contributed by atoms with Crippen LogP contribution >= 0.6 is 7.92 Å². The van der Waals surface area contributed by atoms with Crippen LogP contribution in [0.15, 0.2) is 91.0 Å². The standard InChI is InChI=1S/C26H32NOP/c1-2-24(22-28-21-23-13-6-3-7-14-23)27-19-12-20-29(25-15-8-4-9-16-25)26-17-10-5-11-18-26/h3-11,13-18,24,27H,2,12,19-22H2,1H3. The number of rotatable bonds is 12. The summed E-state index contributed by atoms with van der Waals surface area (Å²) in [4.78, 5) is 0. The molecule has 3 aromatic carbocycles. The minimum Gasteiger partial charge on any atom is -0.375 e. The highest BCUT2D eigenvalue weighted by Gasteiger charge is 2.13. The molecule has 1 N–H and O–H groups in total. The van der Waals surface area contributed by atoms with Gasteiger partial charge in [-0.2, -0.15) is 0 Å².